The number of carbonyl (C=O) groups excluding carboxylic acids is 3. The molecule has 0 aliphatic heterocycles. The van der Waals surface area contributed by atoms with Crippen LogP contribution in [0, 0.1) is 0 Å². The molecule has 3 amide bonds. The highest BCUT2D eigenvalue weighted by atomic mass is 16.4. The van der Waals surface area contributed by atoms with Crippen LogP contribution < -0.4 is 27.8 Å². The first-order valence-electron chi connectivity index (χ1n) is 8.87. The summed E-state index contributed by atoms with van der Waals surface area (Å²) in [4.78, 5) is 57.4. The van der Waals surface area contributed by atoms with Crippen molar-refractivity contribution >= 4 is 29.7 Å². The van der Waals surface area contributed by atoms with Crippen molar-refractivity contribution in [3.63, 3.8) is 0 Å². The molecule has 3 atom stereocenters. The van der Waals surface area contributed by atoms with E-state index in [0.29, 0.717) is 25.8 Å². The van der Waals surface area contributed by atoms with Gasteiger partial charge in [0, 0.05) is 12.8 Å². The number of amides is 3. The summed E-state index contributed by atoms with van der Waals surface area (Å²) >= 11 is 0. The van der Waals surface area contributed by atoms with Gasteiger partial charge in [0.15, 0.2) is 0 Å². The van der Waals surface area contributed by atoms with Crippen LogP contribution in [0.1, 0.15) is 44.9 Å². The van der Waals surface area contributed by atoms with E-state index in [1.807, 2.05) is 0 Å². The molecule has 0 rings (SSSR count). The maximum atomic E-state index is 12.4. The van der Waals surface area contributed by atoms with Crippen LogP contribution >= 0.6 is 0 Å². The second-order valence-electron chi connectivity index (χ2n) is 6.29. The number of hydrogen-bond donors (Lipinski definition) is 7. The maximum absolute atomic E-state index is 12.4. The second kappa shape index (κ2) is 13.4. The van der Waals surface area contributed by atoms with Crippen molar-refractivity contribution in [2.75, 3.05) is 6.54 Å². The fourth-order valence-corrected chi connectivity index (χ4v) is 2.27. The first kappa shape index (κ1) is 25.3. The summed E-state index contributed by atoms with van der Waals surface area (Å²) in [6.45, 7) is 0.444. The topological polar surface area (TPSA) is 228 Å². The van der Waals surface area contributed by atoms with Crippen LogP contribution in [-0.2, 0) is 24.0 Å². The van der Waals surface area contributed by atoms with Crippen LogP contribution in [0.3, 0.4) is 0 Å². The van der Waals surface area contributed by atoms with Gasteiger partial charge in [0.25, 0.3) is 0 Å². The van der Waals surface area contributed by atoms with Gasteiger partial charge in [0.1, 0.15) is 12.1 Å². The largest absolute Gasteiger partial charge is 0.481 e. The predicted octanol–water partition coefficient (Wildman–Crippen LogP) is -2.37. The first-order valence-corrected chi connectivity index (χ1v) is 8.87. The SMILES string of the molecule is NCCCCC(N)C(=O)NC(CCC(=O)O)C(=O)NC(CCC(N)=O)C(=O)O. The Kier molecular flexibility index (Phi) is 12.1. The van der Waals surface area contributed by atoms with E-state index in [1.54, 1.807) is 0 Å². The standard InChI is InChI=1S/C16H29N5O7/c17-8-2-1-3-9(18)14(25)20-10(5-7-13(23)24)15(26)21-11(16(27)28)4-6-12(19)22/h9-11H,1-8,17-18H2,(H2,19,22)(H,20,25)(H,21,26)(H,23,24)(H,27,28). The van der Waals surface area contributed by atoms with Crippen molar-refractivity contribution < 1.29 is 34.2 Å². The Labute approximate surface area is 162 Å². The van der Waals surface area contributed by atoms with Gasteiger partial charge in [-0.2, -0.15) is 0 Å². The highest BCUT2D eigenvalue weighted by Crippen LogP contribution is 2.05. The number of nitrogens with one attached hydrogen (secondary N) is 2. The molecule has 0 aliphatic carbocycles. The summed E-state index contributed by atoms with van der Waals surface area (Å²) in [7, 11) is 0. The van der Waals surface area contributed by atoms with Crippen LogP contribution in [0.2, 0.25) is 0 Å². The van der Waals surface area contributed by atoms with Crippen LogP contribution in [0.5, 0.6) is 0 Å². The zero-order valence-corrected chi connectivity index (χ0v) is 15.6. The van der Waals surface area contributed by atoms with Gasteiger partial charge in [-0.3, -0.25) is 19.2 Å². The van der Waals surface area contributed by atoms with E-state index < -0.39 is 54.2 Å². The Morgan fingerprint density at radius 1 is 0.821 bits per heavy atom. The van der Waals surface area contributed by atoms with Crippen molar-refractivity contribution in [3.05, 3.63) is 0 Å². The number of carboxylic acids is 2. The zero-order valence-electron chi connectivity index (χ0n) is 15.6. The molecule has 0 aromatic rings. The molecule has 0 fully saturated rings. The molecule has 0 aromatic carbocycles. The normalized spacial score (nSPS) is 13.8. The molecular formula is C16H29N5O7. The van der Waals surface area contributed by atoms with Gasteiger partial charge in [-0.1, -0.05) is 6.42 Å². The van der Waals surface area contributed by atoms with Crippen LogP contribution in [0.25, 0.3) is 0 Å². The Hall–Kier alpha value is -2.73. The summed E-state index contributed by atoms with van der Waals surface area (Å²) in [6.07, 6.45) is 0.399. The van der Waals surface area contributed by atoms with Gasteiger partial charge in [-0.25, -0.2) is 4.79 Å². The lowest BCUT2D eigenvalue weighted by molar-refractivity contribution is -0.143. The monoisotopic (exact) mass is 403 g/mol. The number of rotatable bonds is 15. The van der Waals surface area contributed by atoms with Crippen LogP contribution in [0.4, 0.5) is 0 Å². The Balaban J connectivity index is 5.01. The quantitative estimate of drug-likeness (QED) is 0.145. The summed E-state index contributed by atoms with van der Waals surface area (Å²) in [6, 6.07) is -3.63. The molecule has 0 bridgehead atoms. The van der Waals surface area contributed by atoms with Crippen molar-refractivity contribution in [2.24, 2.45) is 17.2 Å². The van der Waals surface area contributed by atoms with E-state index in [-0.39, 0.29) is 19.3 Å². The Bertz CT molecular complexity index is 570. The molecule has 0 aliphatic rings. The molecular weight excluding hydrogens is 374 g/mol. The first-order chi connectivity index (χ1) is 13.1. The average molecular weight is 403 g/mol. The highest BCUT2D eigenvalue weighted by molar-refractivity contribution is 5.92. The Morgan fingerprint density at radius 3 is 1.89 bits per heavy atom. The van der Waals surface area contributed by atoms with E-state index in [2.05, 4.69) is 10.6 Å². The number of hydrogen-bond acceptors (Lipinski definition) is 7. The van der Waals surface area contributed by atoms with E-state index in [4.69, 9.17) is 27.4 Å². The van der Waals surface area contributed by atoms with Crippen molar-refractivity contribution in [3.8, 4) is 0 Å². The third-order valence-electron chi connectivity index (χ3n) is 3.88. The van der Waals surface area contributed by atoms with Gasteiger partial charge in [0.2, 0.25) is 17.7 Å². The lowest BCUT2D eigenvalue weighted by Crippen LogP contribution is -2.54. The number of carbonyl (C=O) groups is 5. The van der Waals surface area contributed by atoms with Crippen molar-refractivity contribution in [1.29, 1.82) is 0 Å². The molecule has 28 heavy (non-hydrogen) atoms. The molecule has 0 heterocycles. The van der Waals surface area contributed by atoms with E-state index >= 15 is 0 Å². The van der Waals surface area contributed by atoms with Crippen molar-refractivity contribution in [2.45, 2.75) is 63.1 Å². The summed E-state index contributed by atoms with van der Waals surface area (Å²) in [5.74, 6) is -4.87. The number of primary amides is 1. The summed E-state index contributed by atoms with van der Waals surface area (Å²) < 4.78 is 0. The van der Waals surface area contributed by atoms with E-state index in [0.717, 1.165) is 0 Å². The Morgan fingerprint density at radius 2 is 1.39 bits per heavy atom. The third kappa shape index (κ3) is 11.1. The molecule has 0 aromatic heterocycles. The highest BCUT2D eigenvalue weighted by Gasteiger charge is 2.28. The molecule has 0 radical (unpaired) electrons. The van der Waals surface area contributed by atoms with Gasteiger partial charge < -0.3 is 38.0 Å². The van der Waals surface area contributed by atoms with E-state index in [9.17, 15) is 24.0 Å². The molecule has 0 saturated carbocycles. The molecule has 160 valence electrons. The minimum absolute atomic E-state index is 0.241. The van der Waals surface area contributed by atoms with Crippen LogP contribution in [-0.4, -0.2) is 64.5 Å². The minimum Gasteiger partial charge on any atom is -0.481 e. The van der Waals surface area contributed by atoms with Gasteiger partial charge in [0.05, 0.1) is 6.04 Å². The fourth-order valence-electron chi connectivity index (χ4n) is 2.27. The average Bonchev–Trinajstić information content (AvgIpc) is 2.61. The predicted molar refractivity (Wildman–Crippen MR) is 97.7 cm³/mol. The smallest absolute Gasteiger partial charge is 0.326 e. The van der Waals surface area contributed by atoms with Crippen LogP contribution in [0.15, 0.2) is 0 Å². The third-order valence-corrected chi connectivity index (χ3v) is 3.88. The maximum Gasteiger partial charge on any atom is 0.326 e. The fraction of sp³-hybridized carbons (Fsp3) is 0.688. The molecule has 12 heteroatoms. The minimum atomic E-state index is -1.41. The number of aliphatic carboxylic acids is 2. The lowest BCUT2D eigenvalue weighted by atomic mass is 10.1. The van der Waals surface area contributed by atoms with Gasteiger partial charge in [-0.15, -0.1) is 0 Å². The van der Waals surface area contributed by atoms with Gasteiger partial charge in [-0.05, 0) is 32.2 Å². The zero-order chi connectivity index (χ0) is 21.7. The second-order valence-corrected chi connectivity index (χ2v) is 6.29. The molecule has 0 spiro atoms. The molecule has 3 unspecified atom stereocenters. The lowest BCUT2D eigenvalue weighted by Gasteiger charge is -2.22. The van der Waals surface area contributed by atoms with Gasteiger partial charge >= 0.3 is 11.9 Å². The molecule has 0 saturated heterocycles. The van der Waals surface area contributed by atoms with Crippen molar-refractivity contribution in [1.82, 2.24) is 10.6 Å². The molecule has 10 N–H and O–H groups in total. The summed E-state index contributed by atoms with van der Waals surface area (Å²) in [5, 5.41) is 22.5. The molecule has 12 nitrogen and oxygen atoms in total. The number of unbranched alkanes of at least 4 members (excludes halogenated alkanes) is 1. The number of carboxylic acid groups (broad SMARTS) is 2. The number of nitrogens with two attached hydrogens (primary N) is 3. The van der Waals surface area contributed by atoms with E-state index in [1.165, 1.54) is 0 Å². The summed E-state index contributed by atoms with van der Waals surface area (Å²) in [5.41, 5.74) is 16.1.